The number of hydrogen-bond donors (Lipinski definition) is 1. The Hall–Kier alpha value is -1.91. The highest BCUT2D eigenvalue weighted by molar-refractivity contribution is 5.52. The molecule has 0 aromatic carbocycles. The number of H-pyrrole nitrogens is 1. The molecule has 1 saturated carbocycles. The molecule has 5 nitrogen and oxygen atoms in total. The fraction of sp³-hybridized carbons (Fsp3) is 0.300. The minimum Gasteiger partial charge on any atom is -0.326 e. The van der Waals surface area contributed by atoms with Crippen LogP contribution in [0.15, 0.2) is 29.7 Å². The molecule has 1 aliphatic carbocycles. The van der Waals surface area contributed by atoms with Crippen LogP contribution in [0.3, 0.4) is 0 Å². The van der Waals surface area contributed by atoms with Crippen LogP contribution in [0.4, 0.5) is 0 Å². The number of rotatable bonds is 2. The van der Waals surface area contributed by atoms with E-state index in [1.54, 1.807) is 18.7 Å². The van der Waals surface area contributed by atoms with Crippen LogP contribution in [0.2, 0.25) is 0 Å². The van der Waals surface area contributed by atoms with Crippen molar-refractivity contribution in [2.45, 2.75) is 18.9 Å². The van der Waals surface area contributed by atoms with Crippen molar-refractivity contribution >= 4 is 0 Å². The van der Waals surface area contributed by atoms with Gasteiger partial charge >= 0.3 is 0 Å². The molecule has 2 aromatic rings. The minimum atomic E-state index is -0.167. The molecule has 1 fully saturated rings. The van der Waals surface area contributed by atoms with Crippen molar-refractivity contribution < 1.29 is 0 Å². The Kier molecular flexibility index (Phi) is 1.71. The van der Waals surface area contributed by atoms with E-state index in [1.807, 2.05) is 4.57 Å². The lowest BCUT2D eigenvalue weighted by molar-refractivity contribution is 0.744. The Morgan fingerprint density at radius 3 is 3.07 bits per heavy atom. The smallest absolute Gasteiger partial charge is 0.276 e. The molecule has 0 atom stereocenters. The molecule has 0 amide bonds. The molecule has 1 aliphatic rings. The summed E-state index contributed by atoms with van der Waals surface area (Å²) in [6.45, 7) is 0. The third kappa shape index (κ3) is 1.36. The van der Waals surface area contributed by atoms with E-state index in [0.717, 1.165) is 18.5 Å². The van der Waals surface area contributed by atoms with Crippen molar-refractivity contribution in [3.8, 4) is 11.4 Å². The predicted octanol–water partition coefficient (Wildman–Crippen LogP) is 0.968. The zero-order valence-corrected chi connectivity index (χ0v) is 8.05. The Labute approximate surface area is 85.8 Å². The van der Waals surface area contributed by atoms with E-state index in [-0.39, 0.29) is 5.56 Å². The lowest BCUT2D eigenvalue weighted by Crippen LogP contribution is -2.12. The normalized spacial score (nSPS) is 15.5. The van der Waals surface area contributed by atoms with Gasteiger partial charge in [-0.25, -0.2) is 9.97 Å². The van der Waals surface area contributed by atoms with Gasteiger partial charge in [0.15, 0.2) is 5.69 Å². The number of aromatic amines is 1. The lowest BCUT2D eigenvalue weighted by atomic mass is 10.3. The molecule has 3 rings (SSSR count). The SMILES string of the molecule is O=c1[nH]ccnc1-c1cncn1C1CC1. The van der Waals surface area contributed by atoms with Gasteiger partial charge in [-0.2, -0.15) is 0 Å². The summed E-state index contributed by atoms with van der Waals surface area (Å²) < 4.78 is 2.03. The van der Waals surface area contributed by atoms with Crippen LogP contribution in [0.5, 0.6) is 0 Å². The highest BCUT2D eigenvalue weighted by atomic mass is 16.1. The predicted molar refractivity (Wildman–Crippen MR) is 54.3 cm³/mol. The molecule has 2 aromatic heterocycles. The van der Waals surface area contributed by atoms with Gasteiger partial charge in [0.25, 0.3) is 5.56 Å². The van der Waals surface area contributed by atoms with Gasteiger partial charge in [-0.05, 0) is 12.8 Å². The maximum Gasteiger partial charge on any atom is 0.276 e. The van der Waals surface area contributed by atoms with E-state index in [0.29, 0.717) is 11.7 Å². The van der Waals surface area contributed by atoms with Gasteiger partial charge in [0, 0.05) is 18.4 Å². The van der Waals surface area contributed by atoms with E-state index in [2.05, 4.69) is 15.0 Å². The molecule has 1 N–H and O–H groups in total. The fourth-order valence-electron chi connectivity index (χ4n) is 1.67. The lowest BCUT2D eigenvalue weighted by Gasteiger charge is -2.03. The molecule has 0 aliphatic heterocycles. The van der Waals surface area contributed by atoms with E-state index in [4.69, 9.17) is 0 Å². The highest BCUT2D eigenvalue weighted by Crippen LogP contribution is 2.37. The molecule has 76 valence electrons. The molecule has 0 unspecified atom stereocenters. The van der Waals surface area contributed by atoms with Crippen LogP contribution < -0.4 is 5.56 Å². The topological polar surface area (TPSA) is 63.6 Å². The van der Waals surface area contributed by atoms with Crippen LogP contribution in [0.25, 0.3) is 11.4 Å². The van der Waals surface area contributed by atoms with Crippen LogP contribution in [0.1, 0.15) is 18.9 Å². The summed E-state index contributed by atoms with van der Waals surface area (Å²) in [6, 6.07) is 0.504. The van der Waals surface area contributed by atoms with E-state index < -0.39 is 0 Å². The maximum absolute atomic E-state index is 11.6. The summed E-state index contributed by atoms with van der Waals surface area (Å²) in [5.74, 6) is 0. The second-order valence-electron chi connectivity index (χ2n) is 3.68. The molecule has 0 bridgehead atoms. The first-order valence-corrected chi connectivity index (χ1v) is 4.92. The minimum absolute atomic E-state index is 0.167. The zero-order valence-electron chi connectivity index (χ0n) is 8.05. The average Bonchev–Trinajstić information content (AvgIpc) is 2.98. The summed E-state index contributed by atoms with van der Waals surface area (Å²) in [5.41, 5.74) is 1.08. The Balaban J connectivity index is 2.16. The van der Waals surface area contributed by atoms with Crippen molar-refractivity contribution in [3.05, 3.63) is 35.3 Å². The van der Waals surface area contributed by atoms with Crippen LogP contribution >= 0.6 is 0 Å². The Bertz CT molecular complexity index is 538. The third-order valence-corrected chi connectivity index (χ3v) is 2.56. The van der Waals surface area contributed by atoms with Crippen LogP contribution in [-0.2, 0) is 0 Å². The van der Waals surface area contributed by atoms with Crippen LogP contribution in [-0.4, -0.2) is 19.5 Å². The van der Waals surface area contributed by atoms with Crippen molar-refractivity contribution in [1.82, 2.24) is 19.5 Å². The molecule has 5 heteroatoms. The first-order chi connectivity index (χ1) is 7.36. The quantitative estimate of drug-likeness (QED) is 0.789. The summed E-state index contributed by atoms with van der Waals surface area (Å²) in [4.78, 5) is 22.3. The van der Waals surface area contributed by atoms with Crippen LogP contribution in [0, 0.1) is 0 Å². The molecular weight excluding hydrogens is 192 g/mol. The summed E-state index contributed by atoms with van der Waals surface area (Å²) >= 11 is 0. The monoisotopic (exact) mass is 202 g/mol. The largest absolute Gasteiger partial charge is 0.326 e. The van der Waals surface area contributed by atoms with E-state index >= 15 is 0 Å². The highest BCUT2D eigenvalue weighted by Gasteiger charge is 2.26. The number of hydrogen-bond acceptors (Lipinski definition) is 3. The van der Waals surface area contributed by atoms with Crippen molar-refractivity contribution in [2.75, 3.05) is 0 Å². The molecular formula is C10H10N4O. The zero-order chi connectivity index (χ0) is 10.3. The number of imidazole rings is 1. The van der Waals surface area contributed by atoms with Crippen molar-refractivity contribution in [2.24, 2.45) is 0 Å². The number of aromatic nitrogens is 4. The van der Waals surface area contributed by atoms with Gasteiger partial charge in [0.05, 0.1) is 18.2 Å². The van der Waals surface area contributed by atoms with Crippen molar-refractivity contribution in [1.29, 1.82) is 0 Å². The van der Waals surface area contributed by atoms with Gasteiger partial charge in [0.1, 0.15) is 0 Å². The first-order valence-electron chi connectivity index (χ1n) is 4.92. The van der Waals surface area contributed by atoms with E-state index in [1.165, 1.54) is 6.20 Å². The van der Waals surface area contributed by atoms with Crippen molar-refractivity contribution in [3.63, 3.8) is 0 Å². The molecule has 15 heavy (non-hydrogen) atoms. The van der Waals surface area contributed by atoms with Gasteiger partial charge < -0.3 is 9.55 Å². The number of nitrogens with one attached hydrogen (secondary N) is 1. The molecule has 0 saturated heterocycles. The second kappa shape index (κ2) is 3.05. The summed E-state index contributed by atoms with van der Waals surface area (Å²) in [5, 5.41) is 0. The Morgan fingerprint density at radius 1 is 1.47 bits per heavy atom. The summed E-state index contributed by atoms with van der Waals surface area (Å²) in [6.07, 6.45) is 8.89. The average molecular weight is 202 g/mol. The molecule has 0 radical (unpaired) electrons. The van der Waals surface area contributed by atoms with Gasteiger partial charge in [-0.3, -0.25) is 4.79 Å². The second-order valence-corrected chi connectivity index (χ2v) is 3.68. The van der Waals surface area contributed by atoms with Gasteiger partial charge in [-0.15, -0.1) is 0 Å². The maximum atomic E-state index is 11.6. The number of nitrogens with zero attached hydrogens (tertiary/aromatic N) is 3. The molecule has 2 heterocycles. The standard InChI is InChI=1S/C10H10N4O/c15-10-9(12-3-4-13-10)8-5-11-6-14(8)7-1-2-7/h3-7H,1-2H2,(H,13,15). The third-order valence-electron chi connectivity index (χ3n) is 2.56. The van der Waals surface area contributed by atoms with E-state index in [9.17, 15) is 4.79 Å². The summed E-state index contributed by atoms with van der Waals surface area (Å²) in [7, 11) is 0. The Morgan fingerprint density at radius 2 is 2.33 bits per heavy atom. The fourth-order valence-corrected chi connectivity index (χ4v) is 1.67. The van der Waals surface area contributed by atoms with Gasteiger partial charge in [0.2, 0.25) is 0 Å². The molecule has 0 spiro atoms. The first kappa shape index (κ1) is 8.40. The van der Waals surface area contributed by atoms with Gasteiger partial charge in [-0.1, -0.05) is 0 Å².